The van der Waals surface area contributed by atoms with Crippen LogP contribution in [-0.2, 0) is 11.2 Å². The number of amides is 1. The maximum Gasteiger partial charge on any atom is 0.252 e. The summed E-state index contributed by atoms with van der Waals surface area (Å²) < 4.78 is 11.2. The lowest BCUT2D eigenvalue weighted by atomic mass is 10.0. The second-order valence-electron chi connectivity index (χ2n) is 6.76. The Morgan fingerprint density at radius 3 is 2.59 bits per heavy atom. The second kappa shape index (κ2) is 10.9. The molecule has 29 heavy (non-hydrogen) atoms. The van der Waals surface area contributed by atoms with Gasteiger partial charge in [0.15, 0.2) is 0 Å². The minimum absolute atomic E-state index is 0.108. The third-order valence-electron chi connectivity index (χ3n) is 4.50. The van der Waals surface area contributed by atoms with Gasteiger partial charge in [-0.1, -0.05) is 55.5 Å². The lowest BCUT2D eigenvalue weighted by Crippen LogP contribution is -2.25. The van der Waals surface area contributed by atoms with E-state index in [0.29, 0.717) is 24.5 Å². The predicted octanol–water partition coefficient (Wildman–Crippen LogP) is 5.36. The Morgan fingerprint density at radius 2 is 1.83 bits per heavy atom. The molecule has 3 rings (SSSR count). The van der Waals surface area contributed by atoms with E-state index in [4.69, 9.17) is 9.15 Å². The zero-order valence-corrected chi connectivity index (χ0v) is 16.8. The summed E-state index contributed by atoms with van der Waals surface area (Å²) in [6.45, 7) is 3.40. The topological polar surface area (TPSA) is 51.5 Å². The molecule has 4 nitrogen and oxygen atoms in total. The predicted molar refractivity (Wildman–Crippen MR) is 117 cm³/mol. The smallest absolute Gasteiger partial charge is 0.252 e. The van der Waals surface area contributed by atoms with Gasteiger partial charge in [0.2, 0.25) is 0 Å². The van der Waals surface area contributed by atoms with Crippen LogP contribution in [0, 0.1) is 0 Å². The van der Waals surface area contributed by atoms with E-state index in [2.05, 4.69) is 18.3 Å². The number of rotatable bonds is 10. The molecule has 0 radical (unpaired) electrons. The molecule has 0 aliphatic heterocycles. The molecule has 1 aromatic heterocycles. The number of hydrogen-bond donors (Lipinski definition) is 1. The number of nitrogens with one attached hydrogen (secondary N) is 1. The average molecular weight is 389 g/mol. The molecule has 0 bridgehead atoms. The van der Waals surface area contributed by atoms with Gasteiger partial charge in [-0.3, -0.25) is 4.79 Å². The molecular formula is C25H27NO3. The number of carbonyl (C=O) groups is 1. The van der Waals surface area contributed by atoms with Crippen LogP contribution in [0.5, 0.6) is 5.75 Å². The van der Waals surface area contributed by atoms with Crippen LogP contribution in [0.3, 0.4) is 0 Å². The molecule has 1 amide bonds. The minimum atomic E-state index is -0.108. The summed E-state index contributed by atoms with van der Waals surface area (Å²) in [6.07, 6.45) is 6.04. The average Bonchev–Trinajstić information content (AvgIpc) is 3.28. The maximum absolute atomic E-state index is 12.8. The molecule has 3 aromatic rings. The highest BCUT2D eigenvalue weighted by Crippen LogP contribution is 2.21. The van der Waals surface area contributed by atoms with Crippen molar-refractivity contribution in [2.75, 3.05) is 13.2 Å². The van der Waals surface area contributed by atoms with E-state index in [-0.39, 0.29) is 5.91 Å². The lowest BCUT2D eigenvalue weighted by Gasteiger charge is -2.12. The van der Waals surface area contributed by atoms with Crippen molar-refractivity contribution in [3.05, 3.63) is 89.9 Å². The first kappa shape index (κ1) is 20.5. The van der Waals surface area contributed by atoms with E-state index >= 15 is 0 Å². The third kappa shape index (κ3) is 6.11. The summed E-state index contributed by atoms with van der Waals surface area (Å²) in [6, 6.07) is 21.4. The molecule has 0 spiro atoms. The van der Waals surface area contributed by atoms with E-state index in [0.717, 1.165) is 30.6 Å². The monoisotopic (exact) mass is 389 g/mol. The summed E-state index contributed by atoms with van der Waals surface area (Å²) in [7, 11) is 0. The second-order valence-corrected chi connectivity index (χ2v) is 6.76. The van der Waals surface area contributed by atoms with Crippen molar-refractivity contribution in [3.63, 3.8) is 0 Å². The molecule has 1 heterocycles. The summed E-state index contributed by atoms with van der Waals surface area (Å²) >= 11 is 0. The first-order valence-corrected chi connectivity index (χ1v) is 10.1. The number of para-hydroxylation sites is 1. The van der Waals surface area contributed by atoms with E-state index in [9.17, 15) is 4.79 Å². The first-order chi connectivity index (χ1) is 14.3. The molecule has 0 aliphatic carbocycles. The lowest BCUT2D eigenvalue weighted by molar-refractivity contribution is -0.115. The van der Waals surface area contributed by atoms with Crippen LogP contribution in [0.4, 0.5) is 0 Å². The maximum atomic E-state index is 12.8. The van der Waals surface area contributed by atoms with Gasteiger partial charge in [0.1, 0.15) is 11.5 Å². The Morgan fingerprint density at radius 1 is 1.03 bits per heavy atom. The molecule has 150 valence electrons. The van der Waals surface area contributed by atoms with Gasteiger partial charge in [-0.2, -0.15) is 0 Å². The Labute approximate surface area is 172 Å². The molecule has 1 N–H and O–H groups in total. The Balaban J connectivity index is 1.60. The molecule has 0 saturated heterocycles. The van der Waals surface area contributed by atoms with E-state index in [1.54, 1.807) is 12.3 Å². The minimum Gasteiger partial charge on any atom is -0.493 e. The fourth-order valence-electron chi connectivity index (χ4n) is 3.05. The van der Waals surface area contributed by atoms with Crippen molar-refractivity contribution in [2.24, 2.45) is 0 Å². The van der Waals surface area contributed by atoms with Crippen LogP contribution in [0.2, 0.25) is 0 Å². The summed E-state index contributed by atoms with van der Waals surface area (Å²) in [5, 5.41) is 3.04. The van der Waals surface area contributed by atoms with Crippen LogP contribution in [-0.4, -0.2) is 19.1 Å². The van der Waals surface area contributed by atoms with Gasteiger partial charge in [-0.25, -0.2) is 0 Å². The van der Waals surface area contributed by atoms with E-state index in [1.165, 1.54) is 5.56 Å². The summed E-state index contributed by atoms with van der Waals surface area (Å²) in [5.74, 6) is 1.48. The van der Waals surface area contributed by atoms with Crippen LogP contribution in [0.1, 0.15) is 36.7 Å². The highest BCUT2D eigenvalue weighted by Gasteiger charge is 2.12. The Hall–Kier alpha value is -3.27. The fourth-order valence-corrected chi connectivity index (χ4v) is 3.05. The largest absolute Gasteiger partial charge is 0.493 e. The van der Waals surface area contributed by atoms with Gasteiger partial charge in [-0.15, -0.1) is 0 Å². The van der Waals surface area contributed by atoms with Gasteiger partial charge in [-0.05, 0) is 54.7 Å². The van der Waals surface area contributed by atoms with E-state index < -0.39 is 0 Å². The molecule has 0 atom stereocenters. The van der Waals surface area contributed by atoms with Crippen molar-refractivity contribution in [3.8, 4) is 5.75 Å². The number of aryl methyl sites for hydroxylation is 1. The van der Waals surface area contributed by atoms with Crippen molar-refractivity contribution in [1.29, 1.82) is 0 Å². The molecule has 2 aromatic carbocycles. The van der Waals surface area contributed by atoms with Crippen LogP contribution >= 0.6 is 0 Å². The number of ether oxygens (including phenoxy) is 1. The zero-order valence-electron chi connectivity index (χ0n) is 16.8. The van der Waals surface area contributed by atoms with Crippen molar-refractivity contribution in [1.82, 2.24) is 5.32 Å². The van der Waals surface area contributed by atoms with Crippen LogP contribution in [0.25, 0.3) is 11.6 Å². The van der Waals surface area contributed by atoms with Crippen molar-refractivity contribution >= 4 is 17.6 Å². The summed E-state index contributed by atoms with van der Waals surface area (Å²) in [5.41, 5.74) is 2.62. The molecule has 0 saturated carbocycles. The van der Waals surface area contributed by atoms with E-state index in [1.807, 2.05) is 60.7 Å². The standard InChI is InChI=1S/C25H27NO3/c1-2-17-29-24-15-7-6-12-21(24)13-8-16-26-25(27)23(19-22-14-9-18-28-22)20-10-4-3-5-11-20/h3-7,9-12,14-15,18-19H,2,8,13,16-17H2,1H3,(H,26,27)/b23-19+. The molecular weight excluding hydrogens is 362 g/mol. The Kier molecular flexibility index (Phi) is 7.70. The number of furan rings is 1. The number of carbonyl (C=O) groups excluding carboxylic acids is 1. The SMILES string of the molecule is CCCOc1ccccc1CCCNC(=O)/C(=C/c1ccco1)c1ccccc1. The van der Waals surface area contributed by atoms with Gasteiger partial charge in [0.25, 0.3) is 5.91 Å². The van der Waals surface area contributed by atoms with Gasteiger partial charge in [0.05, 0.1) is 18.4 Å². The molecule has 4 heteroatoms. The molecule has 0 fully saturated rings. The highest BCUT2D eigenvalue weighted by molar-refractivity contribution is 6.24. The highest BCUT2D eigenvalue weighted by atomic mass is 16.5. The molecule has 0 aliphatic rings. The Bertz CT molecular complexity index is 914. The van der Waals surface area contributed by atoms with Crippen molar-refractivity contribution < 1.29 is 13.9 Å². The zero-order chi connectivity index (χ0) is 20.3. The third-order valence-corrected chi connectivity index (χ3v) is 4.50. The first-order valence-electron chi connectivity index (χ1n) is 10.1. The molecule has 0 unspecified atom stereocenters. The normalized spacial score (nSPS) is 11.3. The quantitative estimate of drug-likeness (QED) is 0.375. The fraction of sp³-hybridized carbons (Fsp3) is 0.240. The van der Waals surface area contributed by atoms with Gasteiger partial charge < -0.3 is 14.5 Å². The number of benzene rings is 2. The van der Waals surface area contributed by atoms with Gasteiger partial charge >= 0.3 is 0 Å². The summed E-state index contributed by atoms with van der Waals surface area (Å²) in [4.78, 5) is 12.8. The number of hydrogen-bond acceptors (Lipinski definition) is 3. The van der Waals surface area contributed by atoms with Gasteiger partial charge in [0, 0.05) is 6.54 Å². The van der Waals surface area contributed by atoms with Crippen molar-refractivity contribution in [2.45, 2.75) is 26.2 Å². The van der Waals surface area contributed by atoms with Crippen LogP contribution < -0.4 is 10.1 Å². The van der Waals surface area contributed by atoms with Crippen LogP contribution in [0.15, 0.2) is 77.4 Å².